The molecule has 0 aliphatic heterocycles. The summed E-state index contributed by atoms with van der Waals surface area (Å²) >= 11 is 0. The summed E-state index contributed by atoms with van der Waals surface area (Å²) in [4.78, 5) is 14.8. The summed E-state index contributed by atoms with van der Waals surface area (Å²) in [6.45, 7) is 4.52. The van der Waals surface area contributed by atoms with Crippen LogP contribution in [0.4, 0.5) is 0 Å². The highest BCUT2D eigenvalue weighted by atomic mass is 15.1. The highest BCUT2D eigenvalue weighted by Crippen LogP contribution is 2.43. The first kappa shape index (κ1) is 29.3. The first-order valence-electron chi connectivity index (χ1n) is 17.3. The molecule has 0 radical (unpaired) electrons. The first-order chi connectivity index (χ1) is 24.2. The number of nitrogens with zero attached hydrogens (tertiary/aromatic N) is 4. The number of hydrogen-bond acceptors (Lipinski definition) is 3. The molecule has 0 amide bonds. The molecule has 9 rings (SSSR count). The zero-order chi connectivity index (χ0) is 32.9. The molecular weight excluding hydrogens is 597 g/mol. The van der Waals surface area contributed by atoms with Crippen LogP contribution in [0.15, 0.2) is 140 Å². The zero-order valence-corrected chi connectivity index (χ0v) is 27.8. The fourth-order valence-corrected chi connectivity index (χ4v) is 7.94. The molecule has 236 valence electrons. The van der Waals surface area contributed by atoms with Crippen molar-refractivity contribution in [2.45, 2.75) is 39.0 Å². The van der Waals surface area contributed by atoms with E-state index in [1.807, 2.05) is 36.7 Å². The zero-order valence-electron chi connectivity index (χ0n) is 27.8. The van der Waals surface area contributed by atoms with Crippen molar-refractivity contribution in [3.8, 4) is 17.1 Å². The number of aromatic nitrogens is 4. The molecule has 1 atom stereocenters. The maximum atomic E-state index is 5.42. The average molecular weight is 633 g/mol. The fraction of sp³-hybridized carbons (Fsp3) is 0.133. The van der Waals surface area contributed by atoms with E-state index >= 15 is 0 Å². The topological polar surface area (TPSA) is 43.6 Å². The molecule has 4 nitrogen and oxygen atoms in total. The number of allylic oxidation sites excluding steroid dienone is 4. The van der Waals surface area contributed by atoms with E-state index in [0.717, 1.165) is 52.8 Å². The van der Waals surface area contributed by atoms with E-state index in [9.17, 15) is 0 Å². The van der Waals surface area contributed by atoms with E-state index in [4.69, 9.17) is 9.97 Å². The molecule has 0 fully saturated rings. The lowest BCUT2D eigenvalue weighted by Gasteiger charge is -2.25. The molecule has 4 aromatic heterocycles. The molecule has 4 heterocycles. The van der Waals surface area contributed by atoms with Gasteiger partial charge in [-0.3, -0.25) is 4.57 Å². The molecule has 8 aromatic rings. The molecule has 4 heteroatoms. The summed E-state index contributed by atoms with van der Waals surface area (Å²) in [6, 6.07) is 39.0. The van der Waals surface area contributed by atoms with Crippen molar-refractivity contribution >= 4 is 49.2 Å². The Kier molecular flexibility index (Phi) is 7.16. The highest BCUT2D eigenvalue weighted by Gasteiger charge is 2.24. The van der Waals surface area contributed by atoms with Crippen LogP contribution in [0.5, 0.6) is 0 Å². The van der Waals surface area contributed by atoms with Gasteiger partial charge in [-0.25, -0.2) is 15.0 Å². The largest absolute Gasteiger partial charge is 0.278 e. The summed E-state index contributed by atoms with van der Waals surface area (Å²) in [5.74, 6) is 1.11. The minimum atomic E-state index is 0.238. The van der Waals surface area contributed by atoms with Crippen LogP contribution in [0.3, 0.4) is 0 Å². The lowest BCUT2D eigenvalue weighted by atomic mass is 9.80. The van der Waals surface area contributed by atoms with Crippen LogP contribution in [0.2, 0.25) is 0 Å². The van der Waals surface area contributed by atoms with Gasteiger partial charge >= 0.3 is 0 Å². The Labute approximate surface area is 286 Å². The van der Waals surface area contributed by atoms with E-state index < -0.39 is 0 Å². The van der Waals surface area contributed by atoms with Gasteiger partial charge in [-0.1, -0.05) is 98.8 Å². The predicted molar refractivity (Wildman–Crippen MR) is 204 cm³/mol. The lowest BCUT2D eigenvalue weighted by Crippen LogP contribution is -2.08. The van der Waals surface area contributed by atoms with Gasteiger partial charge in [0.15, 0.2) is 0 Å². The second-order valence-electron chi connectivity index (χ2n) is 12.9. The van der Waals surface area contributed by atoms with Crippen LogP contribution in [-0.4, -0.2) is 19.5 Å². The molecule has 1 aliphatic carbocycles. The van der Waals surface area contributed by atoms with Crippen molar-refractivity contribution in [3.63, 3.8) is 0 Å². The molecule has 0 N–H and O–H groups in total. The minimum Gasteiger partial charge on any atom is -0.278 e. The van der Waals surface area contributed by atoms with E-state index in [2.05, 4.69) is 127 Å². The van der Waals surface area contributed by atoms with Gasteiger partial charge in [0.2, 0.25) is 0 Å². The van der Waals surface area contributed by atoms with Crippen molar-refractivity contribution in [2.75, 3.05) is 0 Å². The predicted octanol–water partition coefficient (Wildman–Crippen LogP) is 11.2. The molecule has 0 spiro atoms. The van der Waals surface area contributed by atoms with E-state index in [1.54, 1.807) is 0 Å². The summed E-state index contributed by atoms with van der Waals surface area (Å²) < 4.78 is 2.16. The van der Waals surface area contributed by atoms with Crippen molar-refractivity contribution in [3.05, 3.63) is 162 Å². The molecule has 0 bridgehead atoms. The van der Waals surface area contributed by atoms with Crippen molar-refractivity contribution in [1.82, 2.24) is 19.5 Å². The van der Waals surface area contributed by atoms with E-state index in [0.29, 0.717) is 0 Å². The third kappa shape index (κ3) is 4.78. The molecule has 49 heavy (non-hydrogen) atoms. The number of rotatable bonds is 6. The lowest BCUT2D eigenvalue weighted by molar-refractivity contribution is 0.845. The van der Waals surface area contributed by atoms with Gasteiger partial charge < -0.3 is 0 Å². The Bertz CT molecular complexity index is 2610. The van der Waals surface area contributed by atoms with Crippen LogP contribution in [0, 0.1) is 0 Å². The standard InChI is InChI=1S/C45H36N4/c1-3-29-12-5-8-15-36(29)44-34(4-2)42(43-35-14-7-6-13-31(35)22-24-39(43)48-44)32-20-18-30(19-21-32)33-23-25-40-38(28-33)37-16-11-27-47-45(37)49(40)41-17-9-10-26-46-41/h5-20,22-28,32H,3-4,21H2,1-2H3. The maximum absolute atomic E-state index is 5.42. The Morgan fingerprint density at radius 2 is 1.57 bits per heavy atom. The number of pyridine rings is 3. The summed E-state index contributed by atoms with van der Waals surface area (Å²) in [7, 11) is 0. The van der Waals surface area contributed by atoms with Crippen molar-refractivity contribution < 1.29 is 0 Å². The molecule has 1 aliphatic rings. The van der Waals surface area contributed by atoms with Gasteiger partial charge in [0.1, 0.15) is 11.5 Å². The average Bonchev–Trinajstić information content (AvgIpc) is 3.51. The Hall–Kier alpha value is -5.87. The molecule has 4 aromatic carbocycles. The third-order valence-electron chi connectivity index (χ3n) is 10.2. The molecular formula is C45H36N4. The summed E-state index contributed by atoms with van der Waals surface area (Å²) in [5.41, 5.74) is 12.0. The number of fused-ring (bicyclic) bond motifs is 6. The van der Waals surface area contributed by atoms with Gasteiger partial charge in [-0.15, -0.1) is 0 Å². The van der Waals surface area contributed by atoms with Crippen LogP contribution in [0.25, 0.3) is 66.3 Å². The smallest absolute Gasteiger partial charge is 0.146 e. The Morgan fingerprint density at radius 3 is 2.41 bits per heavy atom. The van der Waals surface area contributed by atoms with Crippen LogP contribution >= 0.6 is 0 Å². The second kappa shape index (κ2) is 12.0. The summed E-state index contributed by atoms with van der Waals surface area (Å²) in [6.07, 6.45) is 13.7. The monoisotopic (exact) mass is 632 g/mol. The van der Waals surface area contributed by atoms with E-state index in [-0.39, 0.29) is 5.92 Å². The van der Waals surface area contributed by atoms with Gasteiger partial charge in [0.05, 0.1) is 16.7 Å². The minimum absolute atomic E-state index is 0.238. The van der Waals surface area contributed by atoms with Crippen molar-refractivity contribution in [1.29, 1.82) is 0 Å². The van der Waals surface area contributed by atoms with Crippen LogP contribution in [-0.2, 0) is 12.8 Å². The number of benzene rings is 4. The molecule has 1 unspecified atom stereocenters. The molecule has 0 saturated heterocycles. The van der Waals surface area contributed by atoms with Gasteiger partial charge in [-0.2, -0.15) is 0 Å². The quantitative estimate of drug-likeness (QED) is 0.171. The van der Waals surface area contributed by atoms with Gasteiger partial charge in [0, 0.05) is 40.0 Å². The highest BCUT2D eigenvalue weighted by molar-refractivity contribution is 6.10. The van der Waals surface area contributed by atoms with Gasteiger partial charge in [-0.05, 0) is 100 Å². The fourth-order valence-electron chi connectivity index (χ4n) is 7.94. The second-order valence-corrected chi connectivity index (χ2v) is 12.9. The third-order valence-corrected chi connectivity index (χ3v) is 10.2. The first-order valence-corrected chi connectivity index (χ1v) is 17.3. The Balaban J connectivity index is 1.18. The SMILES string of the molecule is CCc1ccccc1-c1nc2ccc3ccccc3c2c(C2C=CC(c3ccc4c(c3)c3cccnc3n4-c3ccccn3)=CC2)c1CC. The maximum Gasteiger partial charge on any atom is 0.146 e. The number of hydrogen-bond donors (Lipinski definition) is 0. The summed E-state index contributed by atoms with van der Waals surface area (Å²) in [5, 5.41) is 6.13. The number of aryl methyl sites for hydroxylation is 1. The normalized spacial score (nSPS) is 14.7. The van der Waals surface area contributed by atoms with Crippen LogP contribution in [0.1, 0.15) is 48.4 Å². The van der Waals surface area contributed by atoms with Gasteiger partial charge in [0.25, 0.3) is 0 Å². The van der Waals surface area contributed by atoms with Crippen molar-refractivity contribution in [2.24, 2.45) is 0 Å². The molecule has 0 saturated carbocycles. The van der Waals surface area contributed by atoms with Crippen LogP contribution < -0.4 is 0 Å². The van der Waals surface area contributed by atoms with E-state index in [1.165, 1.54) is 54.9 Å². The Morgan fingerprint density at radius 1 is 0.735 bits per heavy atom.